The van der Waals surface area contributed by atoms with Crippen molar-refractivity contribution in [3.63, 3.8) is 0 Å². The van der Waals surface area contributed by atoms with Crippen molar-refractivity contribution in [3.05, 3.63) is 71.8 Å². The summed E-state index contributed by atoms with van der Waals surface area (Å²) in [7, 11) is 0. The van der Waals surface area contributed by atoms with Crippen molar-refractivity contribution >= 4 is 0 Å². The lowest BCUT2D eigenvalue weighted by Gasteiger charge is -2.19. The first-order valence-electron chi connectivity index (χ1n) is 8.86. The standard InChI is InChI=1S/C21H28N2/c1-18(20-10-6-3-7-11-20)16-22-21-13-15-23(17-21)14-12-19-8-4-2-5-9-19/h2-11,18,21-22H,12-17H2,1H3/t18-,21-/m1/s1. The molecule has 0 saturated carbocycles. The van der Waals surface area contributed by atoms with E-state index in [2.05, 4.69) is 77.8 Å². The van der Waals surface area contributed by atoms with Gasteiger partial charge in [0.1, 0.15) is 0 Å². The second-order valence-electron chi connectivity index (χ2n) is 6.74. The van der Waals surface area contributed by atoms with Crippen LogP contribution < -0.4 is 5.32 Å². The Morgan fingerprint density at radius 2 is 1.74 bits per heavy atom. The molecule has 0 spiro atoms. The highest BCUT2D eigenvalue weighted by Crippen LogP contribution is 2.15. The molecule has 2 atom stereocenters. The monoisotopic (exact) mass is 308 g/mol. The first-order valence-corrected chi connectivity index (χ1v) is 8.86. The van der Waals surface area contributed by atoms with Crippen molar-refractivity contribution in [2.24, 2.45) is 0 Å². The van der Waals surface area contributed by atoms with E-state index in [1.807, 2.05) is 0 Å². The van der Waals surface area contributed by atoms with E-state index < -0.39 is 0 Å². The minimum absolute atomic E-state index is 0.578. The predicted molar refractivity (Wildman–Crippen MR) is 97.9 cm³/mol. The van der Waals surface area contributed by atoms with Crippen LogP contribution >= 0.6 is 0 Å². The van der Waals surface area contributed by atoms with Gasteiger partial charge in [0.2, 0.25) is 0 Å². The zero-order valence-electron chi connectivity index (χ0n) is 14.1. The van der Waals surface area contributed by atoms with Crippen LogP contribution in [0.15, 0.2) is 60.7 Å². The van der Waals surface area contributed by atoms with Crippen LogP contribution in [-0.4, -0.2) is 37.1 Å². The molecule has 1 aliphatic rings. The normalized spacial score (nSPS) is 19.8. The van der Waals surface area contributed by atoms with Gasteiger partial charge in [-0.05, 0) is 36.4 Å². The molecule has 2 aromatic carbocycles. The summed E-state index contributed by atoms with van der Waals surface area (Å²) in [4.78, 5) is 2.60. The fourth-order valence-corrected chi connectivity index (χ4v) is 3.38. The zero-order chi connectivity index (χ0) is 15.9. The van der Waals surface area contributed by atoms with Crippen LogP contribution in [0.5, 0.6) is 0 Å². The van der Waals surface area contributed by atoms with Crippen LogP contribution in [0.25, 0.3) is 0 Å². The number of hydrogen-bond donors (Lipinski definition) is 1. The predicted octanol–water partition coefficient (Wildman–Crippen LogP) is 3.70. The minimum Gasteiger partial charge on any atom is -0.312 e. The van der Waals surface area contributed by atoms with Gasteiger partial charge in [-0.25, -0.2) is 0 Å². The molecular formula is C21H28N2. The molecule has 0 bridgehead atoms. The average molecular weight is 308 g/mol. The molecule has 3 rings (SSSR count). The number of nitrogens with one attached hydrogen (secondary N) is 1. The van der Waals surface area contributed by atoms with E-state index in [1.54, 1.807) is 0 Å². The lowest BCUT2D eigenvalue weighted by atomic mass is 10.0. The van der Waals surface area contributed by atoms with E-state index in [9.17, 15) is 0 Å². The summed E-state index contributed by atoms with van der Waals surface area (Å²) in [6, 6.07) is 22.3. The lowest BCUT2D eigenvalue weighted by molar-refractivity contribution is 0.331. The average Bonchev–Trinajstić information content (AvgIpc) is 3.07. The van der Waals surface area contributed by atoms with Gasteiger partial charge in [0, 0.05) is 25.7 Å². The van der Waals surface area contributed by atoms with Crippen LogP contribution in [-0.2, 0) is 6.42 Å². The maximum atomic E-state index is 3.77. The fraction of sp³-hybridized carbons (Fsp3) is 0.429. The molecule has 2 nitrogen and oxygen atoms in total. The van der Waals surface area contributed by atoms with Gasteiger partial charge >= 0.3 is 0 Å². The molecule has 122 valence electrons. The highest BCUT2D eigenvalue weighted by atomic mass is 15.2. The first-order chi connectivity index (χ1) is 11.3. The highest BCUT2D eigenvalue weighted by molar-refractivity contribution is 5.19. The van der Waals surface area contributed by atoms with Crippen LogP contribution in [0.2, 0.25) is 0 Å². The molecule has 2 heteroatoms. The van der Waals surface area contributed by atoms with Gasteiger partial charge < -0.3 is 10.2 Å². The van der Waals surface area contributed by atoms with Crippen LogP contribution in [0.4, 0.5) is 0 Å². The Labute approximate surface area is 140 Å². The van der Waals surface area contributed by atoms with Gasteiger partial charge in [-0.15, -0.1) is 0 Å². The van der Waals surface area contributed by atoms with E-state index in [0.29, 0.717) is 12.0 Å². The summed E-state index contributed by atoms with van der Waals surface area (Å²) < 4.78 is 0. The molecule has 0 amide bonds. The molecule has 0 aromatic heterocycles. The Balaban J connectivity index is 1.38. The van der Waals surface area contributed by atoms with Crippen LogP contribution in [0.3, 0.4) is 0 Å². The maximum Gasteiger partial charge on any atom is 0.0207 e. The molecule has 0 unspecified atom stereocenters. The van der Waals surface area contributed by atoms with Crippen LogP contribution in [0.1, 0.15) is 30.4 Å². The van der Waals surface area contributed by atoms with E-state index in [0.717, 1.165) is 13.0 Å². The fourth-order valence-electron chi connectivity index (χ4n) is 3.38. The summed E-state index contributed by atoms with van der Waals surface area (Å²) in [6.45, 7) is 6.97. The summed E-state index contributed by atoms with van der Waals surface area (Å²) >= 11 is 0. The largest absolute Gasteiger partial charge is 0.312 e. The molecule has 1 N–H and O–H groups in total. The minimum atomic E-state index is 0.578. The third kappa shape index (κ3) is 4.92. The Morgan fingerprint density at radius 3 is 2.48 bits per heavy atom. The molecule has 0 aliphatic carbocycles. The van der Waals surface area contributed by atoms with Gasteiger partial charge in [-0.2, -0.15) is 0 Å². The molecule has 1 saturated heterocycles. The second-order valence-corrected chi connectivity index (χ2v) is 6.74. The number of rotatable bonds is 7. The molecular weight excluding hydrogens is 280 g/mol. The molecule has 1 fully saturated rings. The first kappa shape index (κ1) is 16.2. The van der Waals surface area contributed by atoms with Crippen molar-refractivity contribution in [3.8, 4) is 0 Å². The van der Waals surface area contributed by atoms with E-state index in [-0.39, 0.29) is 0 Å². The van der Waals surface area contributed by atoms with Gasteiger partial charge in [-0.3, -0.25) is 0 Å². The number of benzene rings is 2. The molecule has 2 aromatic rings. The third-order valence-corrected chi connectivity index (χ3v) is 4.91. The van der Waals surface area contributed by atoms with Gasteiger partial charge in [-0.1, -0.05) is 67.6 Å². The Morgan fingerprint density at radius 1 is 1.04 bits per heavy atom. The Kier molecular flexibility index (Phi) is 5.84. The highest BCUT2D eigenvalue weighted by Gasteiger charge is 2.22. The summed E-state index contributed by atoms with van der Waals surface area (Å²) in [6.07, 6.45) is 2.43. The number of hydrogen-bond acceptors (Lipinski definition) is 2. The van der Waals surface area contributed by atoms with Crippen molar-refractivity contribution in [2.45, 2.75) is 31.7 Å². The Hall–Kier alpha value is -1.64. The third-order valence-electron chi connectivity index (χ3n) is 4.91. The molecule has 1 heterocycles. The zero-order valence-corrected chi connectivity index (χ0v) is 14.1. The maximum absolute atomic E-state index is 3.77. The van der Waals surface area contributed by atoms with E-state index >= 15 is 0 Å². The van der Waals surface area contributed by atoms with Gasteiger partial charge in [0.15, 0.2) is 0 Å². The smallest absolute Gasteiger partial charge is 0.0207 e. The Bertz CT molecular complexity index is 567. The SMILES string of the molecule is C[C@H](CN[C@@H]1CCN(CCc2ccccc2)C1)c1ccccc1. The lowest BCUT2D eigenvalue weighted by Crippen LogP contribution is -2.35. The van der Waals surface area contributed by atoms with Gasteiger partial charge in [0.25, 0.3) is 0 Å². The summed E-state index contributed by atoms with van der Waals surface area (Å²) in [5, 5.41) is 3.77. The topological polar surface area (TPSA) is 15.3 Å². The van der Waals surface area contributed by atoms with Crippen LogP contribution in [0, 0.1) is 0 Å². The van der Waals surface area contributed by atoms with Gasteiger partial charge in [0.05, 0.1) is 0 Å². The van der Waals surface area contributed by atoms with Crippen molar-refractivity contribution < 1.29 is 0 Å². The van der Waals surface area contributed by atoms with Crippen molar-refractivity contribution in [1.29, 1.82) is 0 Å². The summed E-state index contributed by atoms with van der Waals surface area (Å²) in [5.41, 5.74) is 2.88. The van der Waals surface area contributed by atoms with E-state index in [4.69, 9.17) is 0 Å². The molecule has 0 radical (unpaired) electrons. The molecule has 23 heavy (non-hydrogen) atoms. The van der Waals surface area contributed by atoms with E-state index in [1.165, 1.54) is 37.2 Å². The number of nitrogens with zero attached hydrogens (tertiary/aromatic N) is 1. The second kappa shape index (κ2) is 8.28. The molecule has 1 aliphatic heterocycles. The summed E-state index contributed by atoms with van der Waals surface area (Å²) in [5.74, 6) is 0.578. The quantitative estimate of drug-likeness (QED) is 0.839. The van der Waals surface area contributed by atoms with Crippen molar-refractivity contribution in [2.75, 3.05) is 26.2 Å². The number of likely N-dealkylation sites (tertiary alicyclic amines) is 1. The van der Waals surface area contributed by atoms with Crippen molar-refractivity contribution in [1.82, 2.24) is 10.2 Å².